The summed E-state index contributed by atoms with van der Waals surface area (Å²) in [4.78, 5) is 44.6. The summed E-state index contributed by atoms with van der Waals surface area (Å²) >= 11 is -0.194. The Hall–Kier alpha value is -2.48. The highest BCUT2D eigenvalue weighted by Gasteiger charge is 2.36. The number of carbonyl (C=O) groups is 4. The minimum atomic E-state index is -1.93. The van der Waals surface area contributed by atoms with Crippen molar-refractivity contribution in [3.05, 3.63) is 0 Å². The number of carboxylic acid groups (broad SMARTS) is 2. The van der Waals surface area contributed by atoms with Crippen molar-refractivity contribution in [2.75, 3.05) is 0 Å². The van der Waals surface area contributed by atoms with E-state index in [1.807, 2.05) is 0 Å². The maximum atomic E-state index is 11.5. The number of rotatable bonds is 0. The topological polar surface area (TPSA) is 215 Å². The van der Waals surface area contributed by atoms with Crippen molar-refractivity contribution in [3.63, 3.8) is 0 Å². The Kier molecular flexibility index (Phi) is 6.30. The van der Waals surface area contributed by atoms with Gasteiger partial charge in [0.25, 0.3) is 0 Å². The van der Waals surface area contributed by atoms with Gasteiger partial charge in [-0.05, 0) is 0 Å². The number of hydrogen-bond acceptors (Lipinski definition) is 8. The molecule has 4 amide bonds. The molecule has 0 atom stereocenters. The van der Waals surface area contributed by atoms with Crippen LogP contribution in [0.2, 0.25) is 0 Å². The van der Waals surface area contributed by atoms with Crippen molar-refractivity contribution in [1.29, 1.82) is 10.8 Å². The summed E-state index contributed by atoms with van der Waals surface area (Å²) in [5, 5.41) is 29.4. The van der Waals surface area contributed by atoms with Gasteiger partial charge in [0.05, 0.1) is 0 Å². The second-order valence-electron chi connectivity index (χ2n) is 2.68. The lowest BCUT2D eigenvalue weighted by atomic mass is 10.5. The van der Waals surface area contributed by atoms with Crippen LogP contribution in [0, 0.1) is 10.8 Å². The van der Waals surface area contributed by atoms with E-state index in [2.05, 4.69) is 0 Å². The Morgan fingerprint density at radius 2 is 1.05 bits per heavy atom. The minimum absolute atomic E-state index is 0.0972. The molecule has 0 fully saturated rings. The molecule has 8 N–H and O–H groups in total. The van der Waals surface area contributed by atoms with Gasteiger partial charge in [0.2, 0.25) is 0 Å². The molecule has 0 heterocycles. The van der Waals surface area contributed by atoms with Crippen LogP contribution in [0.5, 0.6) is 0 Å². The molecule has 0 aromatic heterocycles. The third kappa shape index (κ3) is 5.02. The number of nitrogens with zero attached hydrogens (tertiary/aromatic N) is 2. The molecule has 0 saturated heterocycles. The van der Waals surface area contributed by atoms with Gasteiger partial charge in [0.15, 0.2) is 10.3 Å². The molecule has 0 radical (unpaired) electrons. The van der Waals surface area contributed by atoms with Crippen molar-refractivity contribution >= 4 is 58.2 Å². The van der Waals surface area contributed by atoms with Crippen LogP contribution in [0.25, 0.3) is 0 Å². The molecule has 14 heteroatoms. The fourth-order valence-electron chi connectivity index (χ4n) is 0.705. The Labute approximate surface area is 119 Å². The third-order valence-electron chi connectivity index (χ3n) is 1.28. The van der Waals surface area contributed by atoms with Crippen LogP contribution in [0.3, 0.4) is 0 Å². The summed E-state index contributed by atoms with van der Waals surface area (Å²) in [5.41, 5.74) is 9.75. The van der Waals surface area contributed by atoms with Gasteiger partial charge in [-0.1, -0.05) is 0 Å². The summed E-state index contributed by atoms with van der Waals surface area (Å²) in [5.74, 6) is -3.57. The van der Waals surface area contributed by atoms with Crippen molar-refractivity contribution < 1.29 is 29.4 Å². The van der Waals surface area contributed by atoms with Gasteiger partial charge in [-0.3, -0.25) is 20.4 Å². The molecule has 0 saturated carbocycles. The zero-order valence-electron chi connectivity index (χ0n) is 9.39. The SMILES string of the molecule is N=C(N)SN(C(=O)O)C(=O)C(=O)N(SC(=N)N)C(=O)O. The van der Waals surface area contributed by atoms with Gasteiger partial charge >= 0.3 is 24.0 Å². The predicted molar refractivity (Wildman–Crippen MR) is 68.8 cm³/mol. The van der Waals surface area contributed by atoms with Gasteiger partial charge in [-0.2, -0.15) is 8.61 Å². The smallest absolute Gasteiger partial charge is 0.425 e. The maximum absolute atomic E-state index is 11.5. The van der Waals surface area contributed by atoms with Crippen molar-refractivity contribution in [2.24, 2.45) is 11.5 Å². The number of amidine groups is 2. The summed E-state index contributed by atoms with van der Waals surface area (Å²) in [6.45, 7) is 0. The highest BCUT2D eigenvalue weighted by Crippen LogP contribution is 2.15. The molecule has 110 valence electrons. The van der Waals surface area contributed by atoms with E-state index in [4.69, 9.17) is 32.5 Å². The molecular formula is C6H8N6O6S2. The summed E-state index contributed by atoms with van der Waals surface area (Å²) < 4.78 is -0.442. The third-order valence-corrected chi connectivity index (χ3v) is 2.68. The lowest BCUT2D eigenvalue weighted by Gasteiger charge is -2.18. The van der Waals surface area contributed by atoms with Crippen molar-refractivity contribution in [3.8, 4) is 0 Å². The molecular weight excluding hydrogens is 316 g/mol. The van der Waals surface area contributed by atoms with E-state index in [1.54, 1.807) is 0 Å². The average Bonchev–Trinajstić information content (AvgIpc) is 2.30. The van der Waals surface area contributed by atoms with Gasteiger partial charge in [0, 0.05) is 23.9 Å². The molecule has 12 nitrogen and oxygen atoms in total. The molecule has 0 spiro atoms. The first-order chi connectivity index (χ1) is 9.07. The van der Waals surface area contributed by atoms with E-state index in [9.17, 15) is 19.2 Å². The van der Waals surface area contributed by atoms with Crippen LogP contribution < -0.4 is 11.5 Å². The Morgan fingerprint density at radius 1 is 0.800 bits per heavy atom. The zero-order chi connectivity index (χ0) is 16.0. The second kappa shape index (κ2) is 7.19. The Morgan fingerprint density at radius 3 is 1.20 bits per heavy atom. The molecule has 0 bridgehead atoms. The standard InChI is InChI=1S/C6H8N6O6S2/c7-3(8)19-11(5(15)16)1(13)2(14)12(6(17)18)20-4(9)10/h(H3,7,8)(H3,9,10)(H,15,16)(H,17,18). The number of amides is 4. The summed E-state index contributed by atoms with van der Waals surface area (Å²) in [7, 11) is 0. The molecule has 0 aliphatic heterocycles. The van der Waals surface area contributed by atoms with Gasteiger partial charge in [-0.25, -0.2) is 9.59 Å². The van der Waals surface area contributed by atoms with E-state index < -0.39 is 34.3 Å². The summed E-state index contributed by atoms with van der Waals surface area (Å²) in [6, 6.07) is 0. The fraction of sp³-hybridized carbons (Fsp3) is 0. The number of nitrogens with two attached hydrogens (primary N) is 2. The quantitative estimate of drug-likeness (QED) is 0.139. The number of carbonyl (C=O) groups excluding carboxylic acids is 2. The number of hydrogen-bond donors (Lipinski definition) is 6. The van der Waals surface area contributed by atoms with Crippen molar-refractivity contribution in [2.45, 2.75) is 0 Å². The molecule has 0 aromatic rings. The van der Waals surface area contributed by atoms with Crippen LogP contribution in [-0.2, 0) is 9.59 Å². The highest BCUT2D eigenvalue weighted by molar-refractivity contribution is 8.13. The maximum Gasteiger partial charge on any atom is 0.425 e. The molecule has 0 rings (SSSR count). The molecule has 0 aliphatic carbocycles. The predicted octanol–water partition coefficient (Wildman–Crippen LogP) is -0.917. The van der Waals surface area contributed by atoms with Gasteiger partial charge in [0.1, 0.15) is 0 Å². The molecule has 0 aromatic carbocycles. The van der Waals surface area contributed by atoms with Crippen LogP contribution in [0.1, 0.15) is 0 Å². The Bertz CT molecular complexity index is 450. The van der Waals surface area contributed by atoms with Gasteiger partial charge in [-0.15, -0.1) is 0 Å². The molecule has 0 unspecified atom stereocenters. The Balaban J connectivity index is 5.25. The van der Waals surface area contributed by atoms with E-state index >= 15 is 0 Å². The normalized spacial score (nSPS) is 9.40. The average molecular weight is 324 g/mol. The monoisotopic (exact) mass is 324 g/mol. The van der Waals surface area contributed by atoms with Gasteiger partial charge < -0.3 is 21.7 Å². The fourth-order valence-corrected chi connectivity index (χ4v) is 1.58. The highest BCUT2D eigenvalue weighted by atomic mass is 32.2. The van der Waals surface area contributed by atoms with E-state index in [-0.39, 0.29) is 32.5 Å². The van der Waals surface area contributed by atoms with Crippen LogP contribution in [0.4, 0.5) is 9.59 Å². The summed E-state index contributed by atoms with van der Waals surface area (Å²) in [6.07, 6.45) is -3.86. The zero-order valence-corrected chi connectivity index (χ0v) is 11.0. The lowest BCUT2D eigenvalue weighted by Crippen LogP contribution is -2.45. The van der Waals surface area contributed by atoms with E-state index in [0.29, 0.717) is 0 Å². The van der Waals surface area contributed by atoms with E-state index in [1.165, 1.54) is 0 Å². The van der Waals surface area contributed by atoms with Crippen LogP contribution in [0.15, 0.2) is 0 Å². The lowest BCUT2D eigenvalue weighted by molar-refractivity contribution is -0.143. The van der Waals surface area contributed by atoms with Crippen molar-refractivity contribution in [1.82, 2.24) is 8.61 Å². The van der Waals surface area contributed by atoms with E-state index in [0.717, 1.165) is 0 Å². The first-order valence-corrected chi connectivity index (χ1v) is 5.81. The molecule has 20 heavy (non-hydrogen) atoms. The van der Waals surface area contributed by atoms with Crippen LogP contribution in [-0.4, -0.2) is 53.2 Å². The molecule has 0 aliphatic rings. The second-order valence-corrected chi connectivity index (χ2v) is 4.65. The number of nitrogens with one attached hydrogen (secondary N) is 2. The largest absolute Gasteiger partial charge is 0.464 e. The minimum Gasteiger partial charge on any atom is -0.464 e. The first kappa shape index (κ1) is 17.5. The van der Waals surface area contributed by atoms with Crippen LogP contribution >= 0.6 is 23.9 Å². The first-order valence-electron chi connectivity index (χ1n) is 4.26. The number of imide groups is 2.